The highest BCUT2D eigenvalue weighted by atomic mass is 35.5. The Morgan fingerprint density at radius 3 is 2.54 bits per heavy atom. The Bertz CT molecular complexity index is 1130. The first-order valence-corrected chi connectivity index (χ1v) is 8.01. The first-order chi connectivity index (χ1) is 11.6. The van der Waals surface area contributed by atoms with Gasteiger partial charge in [0.1, 0.15) is 11.0 Å². The van der Waals surface area contributed by atoms with Gasteiger partial charge < -0.3 is 0 Å². The summed E-state index contributed by atoms with van der Waals surface area (Å²) in [4.78, 5) is 21.7. The number of hydrogen-bond donors (Lipinski definition) is 0. The lowest BCUT2D eigenvalue weighted by Gasteiger charge is -2.12. The summed E-state index contributed by atoms with van der Waals surface area (Å²) >= 11 is 6.33. The molecule has 4 nitrogen and oxygen atoms in total. The summed E-state index contributed by atoms with van der Waals surface area (Å²) in [6.07, 6.45) is 0. The van der Waals surface area contributed by atoms with E-state index in [1.807, 2.05) is 55.5 Å². The van der Waals surface area contributed by atoms with Crippen LogP contribution in [0.3, 0.4) is 0 Å². The highest BCUT2D eigenvalue weighted by molar-refractivity contribution is 6.30. The van der Waals surface area contributed by atoms with Crippen molar-refractivity contribution in [2.24, 2.45) is 0 Å². The molecule has 5 heteroatoms. The van der Waals surface area contributed by atoms with Gasteiger partial charge >= 0.3 is 0 Å². The van der Waals surface area contributed by atoms with E-state index in [2.05, 4.69) is 9.97 Å². The van der Waals surface area contributed by atoms with Crippen LogP contribution in [0.15, 0.2) is 59.4 Å². The molecule has 4 rings (SSSR count). The van der Waals surface area contributed by atoms with Crippen molar-refractivity contribution in [1.82, 2.24) is 14.5 Å². The van der Waals surface area contributed by atoms with Crippen molar-refractivity contribution in [2.45, 2.75) is 13.5 Å². The van der Waals surface area contributed by atoms with Crippen LogP contribution in [0.1, 0.15) is 11.4 Å². The summed E-state index contributed by atoms with van der Waals surface area (Å²) in [5.74, 6) is 0.655. The van der Waals surface area contributed by atoms with E-state index in [0.29, 0.717) is 28.4 Å². The van der Waals surface area contributed by atoms with Crippen LogP contribution in [0.5, 0.6) is 0 Å². The maximum Gasteiger partial charge on any atom is 0.261 e. The maximum absolute atomic E-state index is 12.8. The third-order valence-electron chi connectivity index (χ3n) is 4.13. The zero-order valence-corrected chi connectivity index (χ0v) is 13.8. The number of aryl methyl sites for hydroxylation is 1. The lowest BCUT2D eigenvalue weighted by Crippen LogP contribution is -2.24. The molecule has 2 heterocycles. The molecule has 0 amide bonds. The summed E-state index contributed by atoms with van der Waals surface area (Å²) in [6.45, 7) is 2.18. The molecule has 0 aliphatic rings. The quantitative estimate of drug-likeness (QED) is 0.521. The van der Waals surface area contributed by atoms with Gasteiger partial charge in [0, 0.05) is 10.9 Å². The molecule has 2 aromatic heterocycles. The van der Waals surface area contributed by atoms with E-state index in [1.54, 1.807) is 10.6 Å². The molecule has 2 aromatic carbocycles. The van der Waals surface area contributed by atoms with Crippen LogP contribution < -0.4 is 5.56 Å². The molecular formula is C19H14ClN3O. The van der Waals surface area contributed by atoms with Gasteiger partial charge in [-0.3, -0.25) is 9.36 Å². The second kappa shape index (κ2) is 5.73. The van der Waals surface area contributed by atoms with Crippen LogP contribution in [-0.4, -0.2) is 14.5 Å². The van der Waals surface area contributed by atoms with Gasteiger partial charge in [0.05, 0.1) is 23.0 Å². The average Bonchev–Trinajstić information content (AvgIpc) is 2.59. The fraction of sp³-hybridized carbons (Fsp3) is 0.105. The lowest BCUT2D eigenvalue weighted by molar-refractivity contribution is 0.712. The Balaban J connectivity index is 1.88. The molecular weight excluding hydrogens is 322 g/mol. The zero-order valence-electron chi connectivity index (χ0n) is 13.0. The molecule has 0 saturated heterocycles. The normalized spacial score (nSPS) is 11.2. The lowest BCUT2D eigenvalue weighted by atomic mass is 10.1. The number of hydrogen-bond acceptors (Lipinski definition) is 3. The summed E-state index contributed by atoms with van der Waals surface area (Å²) in [7, 11) is 0. The number of para-hydroxylation sites is 2. The van der Waals surface area contributed by atoms with Crippen molar-refractivity contribution >= 4 is 33.4 Å². The highest BCUT2D eigenvalue weighted by Gasteiger charge is 2.11. The van der Waals surface area contributed by atoms with Gasteiger partial charge in [-0.15, -0.1) is 0 Å². The average molecular weight is 336 g/mol. The largest absolute Gasteiger partial charge is 0.292 e. The smallest absolute Gasteiger partial charge is 0.261 e. The Labute approximate surface area is 143 Å². The fourth-order valence-electron chi connectivity index (χ4n) is 2.88. The second-order valence-electron chi connectivity index (χ2n) is 5.70. The Hall–Kier alpha value is -2.72. The van der Waals surface area contributed by atoms with Crippen molar-refractivity contribution in [2.75, 3.05) is 0 Å². The van der Waals surface area contributed by atoms with Crippen LogP contribution >= 0.6 is 11.6 Å². The monoisotopic (exact) mass is 335 g/mol. The minimum absolute atomic E-state index is 0.0673. The van der Waals surface area contributed by atoms with Gasteiger partial charge in [0.25, 0.3) is 5.56 Å². The minimum atomic E-state index is -0.0673. The first kappa shape index (κ1) is 14.8. The highest BCUT2D eigenvalue weighted by Crippen LogP contribution is 2.21. The molecule has 0 fully saturated rings. The van der Waals surface area contributed by atoms with Gasteiger partial charge in [0.2, 0.25) is 0 Å². The molecule has 0 atom stereocenters. The predicted molar refractivity (Wildman–Crippen MR) is 96.6 cm³/mol. The molecule has 4 aromatic rings. The molecule has 0 radical (unpaired) electrons. The minimum Gasteiger partial charge on any atom is -0.292 e. The number of fused-ring (bicyclic) bond motifs is 2. The molecule has 0 unspecified atom stereocenters. The van der Waals surface area contributed by atoms with Crippen LogP contribution in [-0.2, 0) is 6.54 Å². The molecule has 118 valence electrons. The zero-order chi connectivity index (χ0) is 16.7. The summed E-state index contributed by atoms with van der Waals surface area (Å²) in [6, 6.07) is 17.1. The van der Waals surface area contributed by atoms with Crippen molar-refractivity contribution in [3.63, 3.8) is 0 Å². The van der Waals surface area contributed by atoms with Crippen molar-refractivity contribution in [3.05, 3.63) is 81.5 Å². The van der Waals surface area contributed by atoms with Crippen molar-refractivity contribution in [1.29, 1.82) is 0 Å². The predicted octanol–water partition coefficient (Wildman–Crippen LogP) is 3.95. The van der Waals surface area contributed by atoms with Gasteiger partial charge in [-0.25, -0.2) is 9.97 Å². The standard InChI is InChI=1S/C19H14ClN3O/c1-12-21-17-9-5-3-7-15(17)19(24)23(12)11-14-10-13-6-2-4-8-16(13)22-18(14)20/h2-10H,11H2,1H3. The van der Waals surface area contributed by atoms with Gasteiger partial charge in [-0.05, 0) is 31.2 Å². The number of benzene rings is 2. The molecule has 0 spiro atoms. The summed E-state index contributed by atoms with van der Waals surface area (Å²) in [5, 5.41) is 2.01. The number of aromatic nitrogens is 3. The molecule has 0 bridgehead atoms. The number of pyridine rings is 1. The van der Waals surface area contributed by atoms with Gasteiger partial charge in [-0.1, -0.05) is 41.9 Å². The number of rotatable bonds is 2. The molecule has 0 saturated carbocycles. The Morgan fingerprint density at radius 1 is 1.00 bits per heavy atom. The van der Waals surface area contributed by atoms with Crippen LogP contribution in [0.25, 0.3) is 21.8 Å². The number of halogens is 1. The SMILES string of the molecule is Cc1nc2ccccc2c(=O)n1Cc1cc2ccccc2nc1Cl. The molecule has 24 heavy (non-hydrogen) atoms. The van der Waals surface area contributed by atoms with E-state index in [0.717, 1.165) is 16.5 Å². The molecule has 0 aliphatic heterocycles. The van der Waals surface area contributed by atoms with Crippen LogP contribution in [0, 0.1) is 6.92 Å². The summed E-state index contributed by atoms with van der Waals surface area (Å²) in [5.41, 5.74) is 2.28. The van der Waals surface area contributed by atoms with Crippen molar-refractivity contribution in [3.8, 4) is 0 Å². The van der Waals surface area contributed by atoms with E-state index >= 15 is 0 Å². The van der Waals surface area contributed by atoms with Gasteiger partial charge in [0.15, 0.2) is 0 Å². The van der Waals surface area contributed by atoms with E-state index in [1.165, 1.54) is 0 Å². The fourth-order valence-corrected chi connectivity index (χ4v) is 3.09. The first-order valence-electron chi connectivity index (χ1n) is 7.64. The Morgan fingerprint density at radius 2 is 1.71 bits per heavy atom. The third-order valence-corrected chi connectivity index (χ3v) is 4.46. The second-order valence-corrected chi connectivity index (χ2v) is 6.06. The van der Waals surface area contributed by atoms with Crippen LogP contribution in [0.4, 0.5) is 0 Å². The maximum atomic E-state index is 12.8. The van der Waals surface area contributed by atoms with Crippen molar-refractivity contribution < 1.29 is 0 Å². The van der Waals surface area contributed by atoms with E-state index in [9.17, 15) is 4.79 Å². The summed E-state index contributed by atoms with van der Waals surface area (Å²) < 4.78 is 1.64. The third kappa shape index (κ3) is 2.45. The molecule has 0 aliphatic carbocycles. The van der Waals surface area contributed by atoms with E-state index in [-0.39, 0.29) is 5.56 Å². The molecule has 0 N–H and O–H groups in total. The van der Waals surface area contributed by atoms with Gasteiger partial charge in [-0.2, -0.15) is 0 Å². The van der Waals surface area contributed by atoms with E-state index in [4.69, 9.17) is 11.6 Å². The van der Waals surface area contributed by atoms with Crippen LogP contribution in [0.2, 0.25) is 5.15 Å². The van der Waals surface area contributed by atoms with E-state index < -0.39 is 0 Å². The Kier molecular flexibility index (Phi) is 3.54. The number of nitrogens with zero attached hydrogens (tertiary/aromatic N) is 3. The topological polar surface area (TPSA) is 47.8 Å².